The molecule has 0 N–H and O–H groups in total. The van der Waals surface area contributed by atoms with Gasteiger partial charge in [0, 0.05) is 12.1 Å². The number of hydrogen-bond donors (Lipinski definition) is 0. The lowest BCUT2D eigenvalue weighted by atomic mass is 10.3. The van der Waals surface area contributed by atoms with Gasteiger partial charge in [-0.05, 0) is 34.1 Å². The predicted molar refractivity (Wildman–Crippen MR) is 76.4 cm³/mol. The third-order valence-electron chi connectivity index (χ3n) is 2.50. The van der Waals surface area contributed by atoms with Crippen LogP contribution in [0.3, 0.4) is 0 Å². The molecule has 106 valence electrons. The summed E-state index contributed by atoms with van der Waals surface area (Å²) < 4.78 is 11.2. The minimum Gasteiger partial charge on any atom is -0.497 e. The molecule has 1 heterocycles. The van der Waals surface area contributed by atoms with Gasteiger partial charge in [-0.3, -0.25) is 10.1 Å². The molecule has 0 saturated heterocycles. The molecule has 0 aliphatic heterocycles. The first-order valence-corrected chi connectivity index (χ1v) is 6.41. The summed E-state index contributed by atoms with van der Waals surface area (Å²) in [5.74, 6) is 1.17. The fourth-order valence-corrected chi connectivity index (χ4v) is 1.96. The van der Waals surface area contributed by atoms with Gasteiger partial charge in [-0.15, -0.1) is 0 Å². The molecule has 0 fully saturated rings. The maximum absolute atomic E-state index is 10.7. The Morgan fingerprint density at radius 2 is 2.14 bits per heavy atom. The molecular weight excluding hydrogens is 342 g/mol. The second kappa shape index (κ2) is 6.19. The Kier molecular flexibility index (Phi) is 4.35. The standard InChI is InChI=1S/C13H8BrN3O4/c1-20-8-2-4-12(9(14)6-8)21-13-5-3-11(17(18)19)10(7-15)16-13/h2-6H,1H3. The summed E-state index contributed by atoms with van der Waals surface area (Å²) in [6.07, 6.45) is 0. The lowest BCUT2D eigenvalue weighted by molar-refractivity contribution is -0.385. The quantitative estimate of drug-likeness (QED) is 0.619. The van der Waals surface area contributed by atoms with Gasteiger partial charge >= 0.3 is 5.69 Å². The van der Waals surface area contributed by atoms with Crippen LogP contribution in [0.4, 0.5) is 5.69 Å². The van der Waals surface area contributed by atoms with Crippen LogP contribution < -0.4 is 9.47 Å². The van der Waals surface area contributed by atoms with E-state index in [9.17, 15) is 10.1 Å². The van der Waals surface area contributed by atoms with Crippen LogP contribution in [0.5, 0.6) is 17.4 Å². The van der Waals surface area contributed by atoms with Crippen molar-refractivity contribution in [2.75, 3.05) is 7.11 Å². The van der Waals surface area contributed by atoms with E-state index < -0.39 is 4.92 Å². The highest BCUT2D eigenvalue weighted by atomic mass is 79.9. The number of nitriles is 1. The summed E-state index contributed by atoms with van der Waals surface area (Å²) >= 11 is 3.31. The van der Waals surface area contributed by atoms with Gasteiger partial charge < -0.3 is 9.47 Å². The van der Waals surface area contributed by atoms with Gasteiger partial charge in [0.2, 0.25) is 11.6 Å². The summed E-state index contributed by atoms with van der Waals surface area (Å²) in [5.41, 5.74) is -0.666. The zero-order valence-electron chi connectivity index (χ0n) is 10.7. The average Bonchev–Trinajstić information content (AvgIpc) is 2.48. The SMILES string of the molecule is COc1ccc(Oc2ccc([N+](=O)[O-])c(C#N)n2)c(Br)c1. The summed E-state index contributed by atoms with van der Waals surface area (Å²) in [6.45, 7) is 0. The molecule has 0 aliphatic rings. The molecule has 8 heteroatoms. The first-order chi connectivity index (χ1) is 10.0. The number of methoxy groups -OCH3 is 1. The van der Waals surface area contributed by atoms with Gasteiger partial charge in [-0.25, -0.2) is 0 Å². The largest absolute Gasteiger partial charge is 0.497 e. The molecule has 0 aliphatic carbocycles. The van der Waals surface area contributed by atoms with E-state index in [1.807, 2.05) is 0 Å². The molecule has 0 atom stereocenters. The second-order valence-corrected chi connectivity index (χ2v) is 4.64. The van der Waals surface area contributed by atoms with E-state index in [2.05, 4.69) is 20.9 Å². The zero-order chi connectivity index (χ0) is 15.4. The van der Waals surface area contributed by atoms with Crippen molar-refractivity contribution in [2.24, 2.45) is 0 Å². The van der Waals surface area contributed by atoms with Crippen LogP contribution >= 0.6 is 15.9 Å². The van der Waals surface area contributed by atoms with Crippen molar-refractivity contribution in [3.05, 3.63) is 50.6 Å². The highest BCUT2D eigenvalue weighted by molar-refractivity contribution is 9.10. The van der Waals surface area contributed by atoms with Crippen molar-refractivity contribution >= 4 is 21.6 Å². The number of halogens is 1. The fraction of sp³-hybridized carbons (Fsp3) is 0.0769. The highest BCUT2D eigenvalue weighted by Gasteiger charge is 2.16. The Morgan fingerprint density at radius 1 is 1.38 bits per heavy atom. The monoisotopic (exact) mass is 349 g/mol. The van der Waals surface area contributed by atoms with Crippen molar-refractivity contribution in [2.45, 2.75) is 0 Å². The molecular formula is C13H8BrN3O4. The molecule has 0 radical (unpaired) electrons. The Bertz CT molecular complexity index is 743. The smallest absolute Gasteiger partial charge is 0.305 e. The molecule has 1 aromatic heterocycles. The lowest BCUT2D eigenvalue weighted by Crippen LogP contribution is -1.97. The number of nitro groups is 1. The number of benzene rings is 1. The number of ether oxygens (including phenoxy) is 2. The van der Waals surface area contributed by atoms with Crippen molar-refractivity contribution in [1.82, 2.24) is 4.98 Å². The average molecular weight is 350 g/mol. The summed E-state index contributed by atoms with van der Waals surface area (Å²) in [7, 11) is 1.54. The van der Waals surface area contributed by atoms with E-state index in [-0.39, 0.29) is 17.3 Å². The van der Waals surface area contributed by atoms with E-state index >= 15 is 0 Å². The number of pyridine rings is 1. The topological polar surface area (TPSA) is 98.3 Å². The second-order valence-electron chi connectivity index (χ2n) is 3.78. The Morgan fingerprint density at radius 3 is 2.71 bits per heavy atom. The normalized spacial score (nSPS) is 9.76. The minimum absolute atomic E-state index is 0.0861. The first-order valence-electron chi connectivity index (χ1n) is 5.62. The van der Waals surface area contributed by atoms with Crippen LogP contribution in [0.15, 0.2) is 34.8 Å². The maximum Gasteiger partial charge on any atom is 0.305 e. The molecule has 0 saturated carbocycles. The summed E-state index contributed by atoms with van der Waals surface area (Å²) in [6, 6.07) is 9.22. The number of aromatic nitrogens is 1. The van der Waals surface area contributed by atoms with Crippen LogP contribution in [-0.4, -0.2) is 17.0 Å². The Hall–Kier alpha value is -2.66. The predicted octanol–water partition coefficient (Wildman–Crippen LogP) is 3.42. The molecule has 2 rings (SSSR count). The summed E-state index contributed by atoms with van der Waals surface area (Å²) in [4.78, 5) is 13.9. The molecule has 7 nitrogen and oxygen atoms in total. The molecule has 0 spiro atoms. The van der Waals surface area contributed by atoms with E-state index in [4.69, 9.17) is 14.7 Å². The van der Waals surface area contributed by atoms with Crippen molar-refractivity contribution in [1.29, 1.82) is 5.26 Å². The van der Waals surface area contributed by atoms with Crippen molar-refractivity contribution in [3.8, 4) is 23.4 Å². The van der Waals surface area contributed by atoms with Crippen molar-refractivity contribution < 1.29 is 14.4 Å². The van der Waals surface area contributed by atoms with E-state index in [1.165, 1.54) is 12.1 Å². The van der Waals surface area contributed by atoms with Gasteiger partial charge in [-0.2, -0.15) is 10.2 Å². The maximum atomic E-state index is 10.7. The number of rotatable bonds is 4. The fourth-order valence-electron chi connectivity index (χ4n) is 1.52. The van der Waals surface area contributed by atoms with E-state index in [0.717, 1.165) is 0 Å². The third kappa shape index (κ3) is 3.27. The molecule has 0 unspecified atom stereocenters. The summed E-state index contributed by atoms with van der Waals surface area (Å²) in [5, 5.41) is 19.6. The third-order valence-corrected chi connectivity index (χ3v) is 3.12. The lowest BCUT2D eigenvalue weighted by Gasteiger charge is -2.08. The van der Waals surface area contributed by atoms with Crippen LogP contribution in [0.2, 0.25) is 0 Å². The first kappa shape index (κ1) is 14.7. The van der Waals surface area contributed by atoms with E-state index in [1.54, 1.807) is 31.4 Å². The van der Waals surface area contributed by atoms with Crippen molar-refractivity contribution in [3.63, 3.8) is 0 Å². The molecule has 0 bridgehead atoms. The van der Waals surface area contributed by atoms with E-state index in [0.29, 0.717) is 16.0 Å². The van der Waals surface area contributed by atoms with Crippen LogP contribution in [0.25, 0.3) is 0 Å². The highest BCUT2D eigenvalue weighted by Crippen LogP contribution is 2.32. The van der Waals surface area contributed by atoms with Gasteiger partial charge in [0.05, 0.1) is 16.5 Å². The van der Waals surface area contributed by atoms with Gasteiger partial charge in [0.15, 0.2) is 0 Å². The molecule has 2 aromatic rings. The van der Waals surface area contributed by atoms with Crippen LogP contribution in [0.1, 0.15) is 5.69 Å². The van der Waals surface area contributed by atoms with Crippen LogP contribution in [0, 0.1) is 21.4 Å². The minimum atomic E-state index is -0.668. The van der Waals surface area contributed by atoms with Gasteiger partial charge in [0.1, 0.15) is 17.6 Å². The Labute approximate surface area is 128 Å². The zero-order valence-corrected chi connectivity index (χ0v) is 12.3. The number of nitrogens with zero attached hydrogens (tertiary/aromatic N) is 3. The van der Waals surface area contributed by atoms with Crippen LogP contribution in [-0.2, 0) is 0 Å². The Balaban J connectivity index is 2.32. The van der Waals surface area contributed by atoms with Gasteiger partial charge in [-0.1, -0.05) is 0 Å². The molecule has 1 aromatic carbocycles. The molecule has 21 heavy (non-hydrogen) atoms. The molecule has 0 amide bonds. The van der Waals surface area contributed by atoms with Gasteiger partial charge in [0.25, 0.3) is 0 Å². The number of hydrogen-bond acceptors (Lipinski definition) is 6.